The van der Waals surface area contributed by atoms with Crippen LogP contribution in [0, 0.1) is 18.7 Å². The van der Waals surface area contributed by atoms with Crippen molar-refractivity contribution in [3.63, 3.8) is 0 Å². The van der Waals surface area contributed by atoms with E-state index in [9.17, 15) is 14.0 Å². The Balaban J connectivity index is 1.90. The standard InChI is InChI=1S/C18H23FN4O2/c1-10-15(22-6-5-11(8-22)7-20-2)13(19)9-23-16(10)14(12-3-4-12)17(24)21-18(23)25/h9,11-12,20H,3-8H2,1-2H3,(H,21,24,25). The van der Waals surface area contributed by atoms with Gasteiger partial charge in [-0.05, 0) is 51.6 Å². The fourth-order valence-electron chi connectivity index (χ4n) is 4.17. The number of H-pyrrole nitrogens is 1. The number of pyridine rings is 1. The number of hydrogen-bond donors (Lipinski definition) is 2. The van der Waals surface area contributed by atoms with E-state index in [0.717, 1.165) is 38.9 Å². The second-order valence-corrected chi connectivity index (χ2v) is 7.27. The summed E-state index contributed by atoms with van der Waals surface area (Å²) >= 11 is 0. The van der Waals surface area contributed by atoms with Gasteiger partial charge in [-0.25, -0.2) is 9.18 Å². The third-order valence-electron chi connectivity index (χ3n) is 5.44. The highest BCUT2D eigenvalue weighted by molar-refractivity contribution is 5.72. The summed E-state index contributed by atoms with van der Waals surface area (Å²) in [5, 5.41) is 3.18. The summed E-state index contributed by atoms with van der Waals surface area (Å²) in [5.41, 5.74) is 1.53. The number of aromatic nitrogens is 2. The number of rotatable bonds is 4. The molecule has 0 aromatic carbocycles. The number of hydrogen-bond acceptors (Lipinski definition) is 4. The van der Waals surface area contributed by atoms with E-state index in [-0.39, 0.29) is 11.5 Å². The van der Waals surface area contributed by atoms with Gasteiger partial charge in [0.1, 0.15) is 0 Å². The lowest BCUT2D eigenvalue weighted by Crippen LogP contribution is -2.31. The van der Waals surface area contributed by atoms with Crippen LogP contribution in [0.1, 0.15) is 36.3 Å². The average Bonchev–Trinajstić information content (AvgIpc) is 3.29. The molecule has 1 saturated carbocycles. The molecule has 1 aliphatic carbocycles. The SMILES string of the molecule is CNCC1CCN(c2c(F)cn3c(=O)[nH]c(=O)c(C4CC4)c3c2C)C1. The molecule has 6 nitrogen and oxygen atoms in total. The predicted molar refractivity (Wildman–Crippen MR) is 95.2 cm³/mol. The van der Waals surface area contributed by atoms with Crippen molar-refractivity contribution in [1.29, 1.82) is 0 Å². The van der Waals surface area contributed by atoms with E-state index in [1.165, 1.54) is 10.6 Å². The molecule has 0 amide bonds. The van der Waals surface area contributed by atoms with Gasteiger partial charge in [0, 0.05) is 24.2 Å². The van der Waals surface area contributed by atoms with E-state index in [2.05, 4.69) is 15.2 Å². The smallest absolute Gasteiger partial charge is 0.333 e. The van der Waals surface area contributed by atoms with E-state index in [1.807, 2.05) is 14.0 Å². The van der Waals surface area contributed by atoms with Crippen LogP contribution in [0.3, 0.4) is 0 Å². The zero-order chi connectivity index (χ0) is 17.7. The number of nitrogens with one attached hydrogen (secondary N) is 2. The molecular weight excluding hydrogens is 323 g/mol. The third-order valence-corrected chi connectivity index (χ3v) is 5.44. The topological polar surface area (TPSA) is 69.6 Å². The van der Waals surface area contributed by atoms with Gasteiger partial charge in [-0.3, -0.25) is 14.2 Å². The summed E-state index contributed by atoms with van der Waals surface area (Å²) in [6.07, 6.45) is 4.11. The van der Waals surface area contributed by atoms with Crippen molar-refractivity contribution >= 4 is 11.2 Å². The van der Waals surface area contributed by atoms with Gasteiger partial charge in [0.15, 0.2) is 5.82 Å². The minimum atomic E-state index is -0.576. The molecule has 2 N–H and O–H groups in total. The first-order valence-corrected chi connectivity index (χ1v) is 8.88. The van der Waals surface area contributed by atoms with Gasteiger partial charge >= 0.3 is 5.69 Å². The first-order chi connectivity index (χ1) is 12.0. The Kier molecular flexibility index (Phi) is 3.91. The molecule has 2 aromatic rings. The first kappa shape index (κ1) is 16.3. The fourth-order valence-corrected chi connectivity index (χ4v) is 4.17. The maximum absolute atomic E-state index is 14.9. The quantitative estimate of drug-likeness (QED) is 0.877. The van der Waals surface area contributed by atoms with Crippen molar-refractivity contribution in [2.45, 2.75) is 32.1 Å². The Morgan fingerprint density at radius 1 is 1.32 bits per heavy atom. The monoisotopic (exact) mass is 346 g/mol. The zero-order valence-corrected chi connectivity index (χ0v) is 14.6. The van der Waals surface area contributed by atoms with Crippen molar-refractivity contribution in [1.82, 2.24) is 14.7 Å². The highest BCUT2D eigenvalue weighted by Crippen LogP contribution is 2.42. The van der Waals surface area contributed by atoms with Crippen molar-refractivity contribution in [3.05, 3.63) is 44.0 Å². The van der Waals surface area contributed by atoms with Gasteiger partial charge in [0.25, 0.3) is 5.56 Å². The van der Waals surface area contributed by atoms with E-state index in [4.69, 9.17) is 0 Å². The van der Waals surface area contributed by atoms with Crippen LogP contribution in [0.4, 0.5) is 10.1 Å². The highest BCUT2D eigenvalue weighted by Gasteiger charge is 2.32. The molecule has 4 rings (SSSR count). The zero-order valence-electron chi connectivity index (χ0n) is 14.6. The van der Waals surface area contributed by atoms with Crippen molar-refractivity contribution < 1.29 is 4.39 Å². The molecule has 2 fully saturated rings. The number of aryl methyl sites for hydroxylation is 1. The predicted octanol–water partition coefficient (Wildman–Crippen LogP) is 1.36. The van der Waals surface area contributed by atoms with E-state index >= 15 is 0 Å². The number of fused-ring (bicyclic) bond motifs is 1. The number of halogens is 1. The fraction of sp³-hybridized carbons (Fsp3) is 0.556. The molecule has 25 heavy (non-hydrogen) atoms. The Bertz CT molecular complexity index is 945. The molecule has 1 unspecified atom stereocenters. The van der Waals surface area contributed by atoms with Crippen LogP contribution >= 0.6 is 0 Å². The van der Waals surface area contributed by atoms with Gasteiger partial charge in [-0.15, -0.1) is 0 Å². The van der Waals surface area contributed by atoms with E-state index < -0.39 is 11.5 Å². The Labute approximate surface area is 144 Å². The van der Waals surface area contributed by atoms with Crippen LogP contribution in [-0.2, 0) is 0 Å². The summed E-state index contributed by atoms with van der Waals surface area (Å²) < 4.78 is 16.1. The Morgan fingerprint density at radius 2 is 2.08 bits per heavy atom. The van der Waals surface area contributed by atoms with Gasteiger partial charge in [0.2, 0.25) is 0 Å². The van der Waals surface area contributed by atoms with Crippen LogP contribution in [0.2, 0.25) is 0 Å². The van der Waals surface area contributed by atoms with Crippen molar-refractivity contribution in [2.75, 3.05) is 31.6 Å². The summed E-state index contributed by atoms with van der Waals surface area (Å²) in [4.78, 5) is 28.9. The summed E-state index contributed by atoms with van der Waals surface area (Å²) in [7, 11) is 1.92. The largest absolute Gasteiger partial charge is 0.369 e. The molecule has 134 valence electrons. The van der Waals surface area contributed by atoms with E-state index in [0.29, 0.717) is 28.2 Å². The second-order valence-electron chi connectivity index (χ2n) is 7.27. The lowest BCUT2D eigenvalue weighted by atomic mass is 10.1. The minimum Gasteiger partial charge on any atom is -0.369 e. The lowest BCUT2D eigenvalue weighted by molar-refractivity contribution is 0.547. The molecule has 2 aromatic heterocycles. The number of aromatic amines is 1. The number of nitrogens with zero attached hydrogens (tertiary/aromatic N) is 2. The normalized spacial score (nSPS) is 20.6. The van der Waals surface area contributed by atoms with Crippen molar-refractivity contribution in [2.24, 2.45) is 5.92 Å². The molecule has 0 spiro atoms. The van der Waals surface area contributed by atoms with Crippen LogP contribution in [0.25, 0.3) is 5.52 Å². The Hall–Kier alpha value is -2.15. The number of anilines is 1. The van der Waals surface area contributed by atoms with Crippen LogP contribution < -0.4 is 21.5 Å². The maximum atomic E-state index is 14.9. The summed E-state index contributed by atoms with van der Waals surface area (Å²) in [5.74, 6) is 0.238. The molecule has 7 heteroatoms. The minimum absolute atomic E-state index is 0.173. The Morgan fingerprint density at radius 3 is 2.76 bits per heavy atom. The van der Waals surface area contributed by atoms with Gasteiger partial charge in [-0.2, -0.15) is 0 Å². The molecule has 0 radical (unpaired) electrons. The molecule has 0 bridgehead atoms. The third kappa shape index (κ3) is 2.66. The molecule has 2 aliphatic rings. The summed E-state index contributed by atoms with van der Waals surface area (Å²) in [6, 6.07) is 0. The molecule has 1 atom stereocenters. The second kappa shape index (κ2) is 5.98. The average molecular weight is 346 g/mol. The molecular formula is C18H23FN4O2. The van der Waals surface area contributed by atoms with Gasteiger partial charge in [0.05, 0.1) is 17.4 Å². The molecule has 1 aliphatic heterocycles. The van der Waals surface area contributed by atoms with Crippen LogP contribution in [0.5, 0.6) is 0 Å². The molecule has 3 heterocycles. The van der Waals surface area contributed by atoms with Gasteiger partial charge in [-0.1, -0.05) is 0 Å². The van der Waals surface area contributed by atoms with Crippen LogP contribution in [-0.4, -0.2) is 36.1 Å². The lowest BCUT2D eigenvalue weighted by Gasteiger charge is -2.23. The first-order valence-electron chi connectivity index (χ1n) is 8.88. The van der Waals surface area contributed by atoms with E-state index in [1.54, 1.807) is 0 Å². The summed E-state index contributed by atoms with van der Waals surface area (Å²) in [6.45, 7) is 4.29. The van der Waals surface area contributed by atoms with Gasteiger partial charge < -0.3 is 10.2 Å². The maximum Gasteiger partial charge on any atom is 0.333 e. The molecule has 1 saturated heterocycles. The van der Waals surface area contributed by atoms with Crippen molar-refractivity contribution in [3.8, 4) is 0 Å². The highest BCUT2D eigenvalue weighted by atomic mass is 19.1. The van der Waals surface area contributed by atoms with Crippen LogP contribution in [0.15, 0.2) is 15.8 Å².